The average Bonchev–Trinajstić information content (AvgIpc) is 2.05. The molecule has 0 amide bonds. The van der Waals surface area contributed by atoms with Crippen LogP contribution in [0.15, 0.2) is 12.1 Å². The van der Waals surface area contributed by atoms with E-state index in [2.05, 4.69) is 22.6 Å². The Balaban J connectivity index is 3.18. The molecule has 0 radical (unpaired) electrons. The van der Waals surface area contributed by atoms with Crippen molar-refractivity contribution >= 4 is 34.2 Å². The number of halogens is 2. The molecule has 0 aliphatic rings. The molecule has 12 heavy (non-hydrogen) atoms. The molecule has 0 atom stereocenters. The number of methoxy groups -OCH3 is 1. The topological polar surface area (TPSA) is 35.2 Å². The second kappa shape index (κ2) is 4.30. The van der Waals surface area contributed by atoms with Crippen molar-refractivity contribution < 1.29 is 4.74 Å². The summed E-state index contributed by atoms with van der Waals surface area (Å²) < 4.78 is 6.12. The SMILES string of the molecule is COc1cc(CN)c(Cl)cc1I. The molecule has 0 saturated carbocycles. The van der Waals surface area contributed by atoms with Crippen LogP contribution in [0.3, 0.4) is 0 Å². The van der Waals surface area contributed by atoms with Crippen LogP contribution in [-0.2, 0) is 6.54 Å². The number of rotatable bonds is 2. The highest BCUT2D eigenvalue weighted by molar-refractivity contribution is 14.1. The zero-order valence-electron chi connectivity index (χ0n) is 6.60. The van der Waals surface area contributed by atoms with Crippen molar-refractivity contribution in [1.29, 1.82) is 0 Å². The van der Waals surface area contributed by atoms with Crippen LogP contribution in [0.2, 0.25) is 5.02 Å². The summed E-state index contributed by atoms with van der Waals surface area (Å²) in [6.45, 7) is 0.437. The largest absolute Gasteiger partial charge is 0.496 e. The molecule has 0 heterocycles. The van der Waals surface area contributed by atoms with E-state index >= 15 is 0 Å². The maximum Gasteiger partial charge on any atom is 0.132 e. The van der Waals surface area contributed by atoms with E-state index in [1.54, 1.807) is 7.11 Å². The lowest BCUT2D eigenvalue weighted by molar-refractivity contribution is 0.411. The highest BCUT2D eigenvalue weighted by atomic mass is 127. The van der Waals surface area contributed by atoms with Gasteiger partial charge < -0.3 is 10.5 Å². The summed E-state index contributed by atoms with van der Waals surface area (Å²) in [7, 11) is 1.63. The van der Waals surface area contributed by atoms with Crippen LogP contribution < -0.4 is 10.5 Å². The van der Waals surface area contributed by atoms with E-state index in [9.17, 15) is 0 Å². The minimum atomic E-state index is 0.437. The number of nitrogens with two attached hydrogens (primary N) is 1. The third-order valence-corrected chi connectivity index (χ3v) is 2.74. The summed E-state index contributed by atoms with van der Waals surface area (Å²) in [5.41, 5.74) is 6.39. The second-order valence-electron chi connectivity index (χ2n) is 2.28. The molecule has 66 valence electrons. The van der Waals surface area contributed by atoms with Gasteiger partial charge in [0.05, 0.1) is 10.7 Å². The van der Waals surface area contributed by atoms with E-state index in [-0.39, 0.29) is 0 Å². The molecule has 0 saturated heterocycles. The van der Waals surface area contributed by atoms with Crippen molar-refractivity contribution in [2.75, 3.05) is 7.11 Å². The van der Waals surface area contributed by atoms with E-state index in [0.717, 1.165) is 14.9 Å². The normalized spacial score (nSPS) is 10.0. The molecule has 0 aromatic heterocycles. The number of hydrogen-bond acceptors (Lipinski definition) is 2. The van der Waals surface area contributed by atoms with Crippen LogP contribution in [0.1, 0.15) is 5.56 Å². The summed E-state index contributed by atoms with van der Waals surface area (Å²) in [5, 5.41) is 0.697. The van der Waals surface area contributed by atoms with Crippen molar-refractivity contribution in [1.82, 2.24) is 0 Å². The zero-order valence-corrected chi connectivity index (χ0v) is 9.52. The Kier molecular flexibility index (Phi) is 3.61. The van der Waals surface area contributed by atoms with Gasteiger partial charge in [-0.3, -0.25) is 0 Å². The molecule has 1 aromatic rings. The Labute approximate surface area is 90.2 Å². The van der Waals surface area contributed by atoms with E-state index < -0.39 is 0 Å². The molecule has 0 fully saturated rings. The number of hydrogen-bond donors (Lipinski definition) is 1. The Bertz CT molecular complexity index is 265. The molecule has 0 spiro atoms. The highest BCUT2D eigenvalue weighted by Gasteiger charge is 2.05. The van der Waals surface area contributed by atoms with Crippen LogP contribution >= 0.6 is 34.2 Å². The summed E-state index contributed by atoms with van der Waals surface area (Å²) in [4.78, 5) is 0. The highest BCUT2D eigenvalue weighted by Crippen LogP contribution is 2.27. The third-order valence-electron chi connectivity index (χ3n) is 1.54. The molecule has 0 unspecified atom stereocenters. The van der Waals surface area contributed by atoms with Gasteiger partial charge in [-0.15, -0.1) is 0 Å². The maximum absolute atomic E-state index is 5.92. The fraction of sp³-hybridized carbons (Fsp3) is 0.250. The van der Waals surface area contributed by atoms with Crippen molar-refractivity contribution in [2.24, 2.45) is 5.73 Å². The molecular weight excluding hydrogens is 288 g/mol. The van der Waals surface area contributed by atoms with Gasteiger partial charge in [0.25, 0.3) is 0 Å². The van der Waals surface area contributed by atoms with Crippen LogP contribution in [0.5, 0.6) is 5.75 Å². The van der Waals surface area contributed by atoms with E-state index in [1.807, 2.05) is 12.1 Å². The standard InChI is InChI=1S/C8H9ClINO/c1-12-8-2-5(4-11)6(9)3-7(8)10/h2-3H,4,11H2,1H3. The van der Waals surface area contributed by atoms with Gasteiger partial charge in [0.2, 0.25) is 0 Å². The Morgan fingerprint density at radius 1 is 1.58 bits per heavy atom. The van der Waals surface area contributed by atoms with Crippen molar-refractivity contribution in [2.45, 2.75) is 6.54 Å². The van der Waals surface area contributed by atoms with Crippen molar-refractivity contribution in [3.63, 3.8) is 0 Å². The van der Waals surface area contributed by atoms with Gasteiger partial charge in [-0.25, -0.2) is 0 Å². The summed E-state index contributed by atoms with van der Waals surface area (Å²) in [5.74, 6) is 0.820. The van der Waals surface area contributed by atoms with E-state index in [0.29, 0.717) is 11.6 Å². The molecule has 0 bridgehead atoms. The molecule has 1 aromatic carbocycles. The first-order chi connectivity index (χ1) is 5.69. The first kappa shape index (κ1) is 10.1. The minimum absolute atomic E-state index is 0.437. The molecule has 2 N–H and O–H groups in total. The molecule has 0 aliphatic heterocycles. The Morgan fingerprint density at radius 2 is 2.25 bits per heavy atom. The first-order valence-corrected chi connectivity index (χ1v) is 4.86. The van der Waals surface area contributed by atoms with Gasteiger partial charge in [0.1, 0.15) is 5.75 Å². The van der Waals surface area contributed by atoms with E-state index in [4.69, 9.17) is 22.1 Å². The van der Waals surface area contributed by atoms with E-state index in [1.165, 1.54) is 0 Å². The summed E-state index contributed by atoms with van der Waals surface area (Å²) in [6, 6.07) is 3.72. The molecule has 1 rings (SSSR count). The smallest absolute Gasteiger partial charge is 0.132 e. The maximum atomic E-state index is 5.92. The molecule has 0 aliphatic carbocycles. The predicted molar refractivity (Wildman–Crippen MR) is 58.6 cm³/mol. The lowest BCUT2D eigenvalue weighted by Gasteiger charge is -2.06. The Morgan fingerprint density at radius 3 is 2.75 bits per heavy atom. The van der Waals surface area contributed by atoms with Crippen molar-refractivity contribution in [3.05, 3.63) is 26.3 Å². The number of benzene rings is 1. The lowest BCUT2D eigenvalue weighted by Crippen LogP contribution is -1.99. The van der Waals surface area contributed by atoms with Crippen LogP contribution in [0.4, 0.5) is 0 Å². The summed E-state index contributed by atoms with van der Waals surface area (Å²) >= 11 is 8.09. The summed E-state index contributed by atoms with van der Waals surface area (Å²) in [6.07, 6.45) is 0. The lowest BCUT2D eigenvalue weighted by atomic mass is 10.2. The van der Waals surface area contributed by atoms with Gasteiger partial charge in [0.15, 0.2) is 0 Å². The van der Waals surface area contributed by atoms with Crippen molar-refractivity contribution in [3.8, 4) is 5.75 Å². The van der Waals surface area contributed by atoms with Crippen LogP contribution in [0, 0.1) is 3.57 Å². The minimum Gasteiger partial charge on any atom is -0.496 e. The molecule has 2 nitrogen and oxygen atoms in total. The van der Waals surface area contributed by atoms with Crippen LogP contribution in [-0.4, -0.2) is 7.11 Å². The van der Waals surface area contributed by atoms with Gasteiger partial charge >= 0.3 is 0 Å². The molecule has 4 heteroatoms. The average molecular weight is 298 g/mol. The van der Waals surface area contributed by atoms with Gasteiger partial charge in [-0.05, 0) is 40.3 Å². The Hall–Kier alpha value is -0.000000000000000111. The van der Waals surface area contributed by atoms with Gasteiger partial charge in [-0.2, -0.15) is 0 Å². The van der Waals surface area contributed by atoms with Gasteiger partial charge in [-0.1, -0.05) is 11.6 Å². The van der Waals surface area contributed by atoms with Gasteiger partial charge in [0, 0.05) is 11.6 Å². The monoisotopic (exact) mass is 297 g/mol. The predicted octanol–water partition coefficient (Wildman–Crippen LogP) is 2.41. The quantitative estimate of drug-likeness (QED) is 0.851. The second-order valence-corrected chi connectivity index (χ2v) is 3.85. The first-order valence-electron chi connectivity index (χ1n) is 3.41. The fourth-order valence-electron chi connectivity index (χ4n) is 0.884. The zero-order chi connectivity index (χ0) is 9.14. The third kappa shape index (κ3) is 2.02. The van der Waals surface area contributed by atoms with Crippen LogP contribution in [0.25, 0.3) is 0 Å². The fourth-order valence-corrected chi connectivity index (χ4v) is 2.00. The number of ether oxygens (including phenoxy) is 1. The molecular formula is C8H9ClINO.